The van der Waals surface area contributed by atoms with Gasteiger partial charge in [0.15, 0.2) is 0 Å². The molecule has 0 aliphatic heterocycles. The number of carbonyl (C=O) groups excluding carboxylic acids is 1. The van der Waals surface area contributed by atoms with Crippen LogP contribution in [0.3, 0.4) is 0 Å². The van der Waals surface area contributed by atoms with Crippen LogP contribution >= 0.6 is 11.6 Å². The molecule has 1 heterocycles. The Morgan fingerprint density at radius 3 is 2.35 bits per heavy atom. The van der Waals surface area contributed by atoms with Crippen molar-refractivity contribution in [3.63, 3.8) is 0 Å². The summed E-state index contributed by atoms with van der Waals surface area (Å²) in [5.74, 6) is -0.274. The lowest BCUT2D eigenvalue weighted by atomic mass is 9.96. The number of carbonyl (C=O) groups is 1. The number of rotatable bonds is 7. The van der Waals surface area contributed by atoms with Gasteiger partial charge < -0.3 is 14.9 Å². The average Bonchev–Trinajstić information content (AvgIpc) is 2.74. The number of anilines is 2. The average molecular weight is 484 g/mol. The standard InChI is InChI=1S/C27H34ClN3O3/c1-17-15-21-20(9-8-14-29-21)24(31-30-19-12-10-18(28)11-13-19)23(17)22(34-27(5,6)7)16-33-25(32)26(2,3)4/h8-15,22,30-31H,16H2,1-7H3/t22-/m1/s1. The summed E-state index contributed by atoms with van der Waals surface area (Å²) in [5.41, 5.74) is 9.95. The molecule has 3 aromatic rings. The summed E-state index contributed by atoms with van der Waals surface area (Å²) in [6.45, 7) is 13.6. The van der Waals surface area contributed by atoms with E-state index in [1.165, 1.54) is 0 Å². The molecule has 1 aromatic heterocycles. The summed E-state index contributed by atoms with van der Waals surface area (Å²) >= 11 is 6.03. The van der Waals surface area contributed by atoms with E-state index in [1.807, 2.05) is 90.9 Å². The fourth-order valence-corrected chi connectivity index (χ4v) is 3.68. The predicted molar refractivity (Wildman–Crippen MR) is 139 cm³/mol. The molecule has 0 spiro atoms. The predicted octanol–water partition coefficient (Wildman–Crippen LogP) is 7.08. The number of nitrogens with zero attached hydrogens (tertiary/aromatic N) is 1. The summed E-state index contributed by atoms with van der Waals surface area (Å²) in [5, 5.41) is 1.59. The van der Waals surface area contributed by atoms with Gasteiger partial charge in [-0.1, -0.05) is 11.6 Å². The maximum Gasteiger partial charge on any atom is 0.311 e. The van der Waals surface area contributed by atoms with E-state index in [2.05, 4.69) is 15.8 Å². The highest BCUT2D eigenvalue weighted by Crippen LogP contribution is 2.38. The number of aromatic nitrogens is 1. The van der Waals surface area contributed by atoms with Gasteiger partial charge in [0.05, 0.1) is 27.9 Å². The first-order valence-electron chi connectivity index (χ1n) is 11.4. The molecule has 1 atom stereocenters. The molecule has 0 unspecified atom stereocenters. The van der Waals surface area contributed by atoms with Crippen LogP contribution in [-0.4, -0.2) is 23.2 Å². The number of fused-ring (bicyclic) bond motifs is 1. The van der Waals surface area contributed by atoms with Gasteiger partial charge in [-0.25, -0.2) is 0 Å². The Kier molecular flexibility index (Phi) is 7.74. The minimum Gasteiger partial charge on any atom is -0.462 e. The number of nitrogens with one attached hydrogen (secondary N) is 2. The minimum atomic E-state index is -0.605. The van der Waals surface area contributed by atoms with Crippen LogP contribution in [0.25, 0.3) is 10.9 Å². The zero-order valence-corrected chi connectivity index (χ0v) is 21.7. The van der Waals surface area contributed by atoms with Crippen LogP contribution in [0.5, 0.6) is 0 Å². The molecule has 0 aliphatic carbocycles. The van der Waals surface area contributed by atoms with Gasteiger partial charge in [0.1, 0.15) is 12.7 Å². The summed E-state index contributed by atoms with van der Waals surface area (Å²) < 4.78 is 12.2. The van der Waals surface area contributed by atoms with Crippen LogP contribution in [0.15, 0.2) is 48.7 Å². The maximum absolute atomic E-state index is 12.6. The van der Waals surface area contributed by atoms with Crippen molar-refractivity contribution >= 4 is 39.8 Å². The van der Waals surface area contributed by atoms with E-state index < -0.39 is 17.1 Å². The zero-order valence-electron chi connectivity index (χ0n) is 21.0. The molecule has 0 aliphatic rings. The number of pyridine rings is 1. The zero-order chi connectivity index (χ0) is 25.1. The Labute approximate surface area is 207 Å². The van der Waals surface area contributed by atoms with Gasteiger partial charge in [-0.05, 0) is 96.5 Å². The molecule has 34 heavy (non-hydrogen) atoms. The number of esters is 1. The fourth-order valence-electron chi connectivity index (χ4n) is 3.56. The number of aryl methyl sites for hydroxylation is 1. The van der Waals surface area contributed by atoms with Crippen LogP contribution in [-0.2, 0) is 14.3 Å². The Morgan fingerprint density at radius 1 is 1.06 bits per heavy atom. The SMILES string of the molecule is Cc1cc2ncccc2c(NNc2ccc(Cl)cc2)c1[C@@H](COC(=O)C(C)(C)C)OC(C)(C)C. The third-order valence-corrected chi connectivity index (χ3v) is 5.38. The lowest BCUT2D eigenvalue weighted by molar-refractivity contribution is -0.161. The molecular weight excluding hydrogens is 450 g/mol. The smallest absolute Gasteiger partial charge is 0.311 e. The summed E-state index contributed by atoms with van der Waals surface area (Å²) in [6.07, 6.45) is 1.27. The number of hydrogen-bond acceptors (Lipinski definition) is 6. The van der Waals surface area contributed by atoms with E-state index in [-0.39, 0.29) is 12.6 Å². The van der Waals surface area contributed by atoms with Crippen LogP contribution in [0, 0.1) is 12.3 Å². The first-order valence-corrected chi connectivity index (χ1v) is 11.7. The third-order valence-electron chi connectivity index (χ3n) is 5.13. The second-order valence-electron chi connectivity index (χ2n) is 10.4. The molecular formula is C27H34ClN3O3. The van der Waals surface area contributed by atoms with Gasteiger partial charge in [-0.3, -0.25) is 15.2 Å². The number of hydrazine groups is 1. The number of halogens is 1. The van der Waals surface area contributed by atoms with Crippen molar-refractivity contribution in [3.05, 3.63) is 64.8 Å². The first kappa shape index (κ1) is 25.8. The Balaban J connectivity index is 2.06. The number of hydrogen-bond donors (Lipinski definition) is 2. The van der Waals surface area contributed by atoms with Gasteiger partial charge in [-0.15, -0.1) is 0 Å². The number of ether oxygens (including phenoxy) is 2. The Bertz CT molecular complexity index is 1150. The van der Waals surface area contributed by atoms with E-state index in [0.717, 1.165) is 33.4 Å². The molecule has 0 saturated carbocycles. The molecule has 0 fully saturated rings. The van der Waals surface area contributed by atoms with Crippen molar-refractivity contribution in [2.24, 2.45) is 5.41 Å². The van der Waals surface area contributed by atoms with Crippen LogP contribution in [0.1, 0.15) is 58.8 Å². The van der Waals surface area contributed by atoms with Crippen molar-refractivity contribution in [1.29, 1.82) is 0 Å². The highest BCUT2D eigenvalue weighted by molar-refractivity contribution is 6.30. The van der Waals surface area contributed by atoms with Crippen LogP contribution in [0.2, 0.25) is 5.02 Å². The van der Waals surface area contributed by atoms with Crippen molar-refractivity contribution in [1.82, 2.24) is 4.98 Å². The third kappa shape index (κ3) is 6.61. The van der Waals surface area contributed by atoms with E-state index in [0.29, 0.717) is 5.02 Å². The van der Waals surface area contributed by atoms with Gasteiger partial charge in [0.2, 0.25) is 0 Å². The Hall–Kier alpha value is -2.83. The van der Waals surface area contributed by atoms with Gasteiger partial charge in [0, 0.05) is 22.2 Å². The topological polar surface area (TPSA) is 72.5 Å². The van der Waals surface area contributed by atoms with Crippen molar-refractivity contribution in [2.75, 3.05) is 17.5 Å². The lowest BCUT2D eigenvalue weighted by Crippen LogP contribution is -2.30. The van der Waals surface area contributed by atoms with Crippen molar-refractivity contribution < 1.29 is 14.3 Å². The molecule has 3 rings (SSSR count). The first-order chi connectivity index (χ1) is 15.8. The largest absolute Gasteiger partial charge is 0.462 e. The molecule has 182 valence electrons. The van der Waals surface area contributed by atoms with Gasteiger partial charge in [-0.2, -0.15) is 0 Å². The lowest BCUT2D eigenvalue weighted by Gasteiger charge is -2.31. The summed E-state index contributed by atoms with van der Waals surface area (Å²) in [4.78, 5) is 17.1. The fraction of sp³-hybridized carbons (Fsp3) is 0.407. The van der Waals surface area contributed by atoms with E-state index in [9.17, 15) is 4.79 Å². The molecule has 0 bridgehead atoms. The molecule has 0 saturated heterocycles. The normalized spacial score (nSPS) is 12.9. The van der Waals surface area contributed by atoms with E-state index >= 15 is 0 Å². The van der Waals surface area contributed by atoms with Crippen LogP contribution in [0.4, 0.5) is 11.4 Å². The number of benzene rings is 2. The van der Waals surface area contributed by atoms with Crippen LogP contribution < -0.4 is 10.9 Å². The molecule has 2 aromatic carbocycles. The molecule has 0 amide bonds. The highest BCUT2D eigenvalue weighted by atomic mass is 35.5. The molecule has 0 radical (unpaired) electrons. The monoisotopic (exact) mass is 483 g/mol. The molecule has 6 nitrogen and oxygen atoms in total. The van der Waals surface area contributed by atoms with Crippen molar-refractivity contribution in [3.8, 4) is 0 Å². The van der Waals surface area contributed by atoms with Crippen molar-refractivity contribution in [2.45, 2.75) is 60.2 Å². The highest BCUT2D eigenvalue weighted by Gasteiger charge is 2.30. The van der Waals surface area contributed by atoms with Gasteiger partial charge in [0.25, 0.3) is 0 Å². The Morgan fingerprint density at radius 2 is 1.74 bits per heavy atom. The van der Waals surface area contributed by atoms with E-state index in [4.69, 9.17) is 21.1 Å². The summed E-state index contributed by atoms with van der Waals surface area (Å²) in [6, 6.07) is 13.3. The molecule has 7 heteroatoms. The maximum atomic E-state index is 12.6. The molecule has 2 N–H and O–H groups in total. The van der Waals surface area contributed by atoms with E-state index in [1.54, 1.807) is 6.20 Å². The van der Waals surface area contributed by atoms with Gasteiger partial charge >= 0.3 is 5.97 Å². The quantitative estimate of drug-likeness (QED) is 0.276. The second-order valence-corrected chi connectivity index (χ2v) is 10.8. The second kappa shape index (κ2) is 10.2. The minimum absolute atomic E-state index is 0.0929. The summed E-state index contributed by atoms with van der Waals surface area (Å²) in [7, 11) is 0.